The first-order valence-electron chi connectivity index (χ1n) is 15.5. The van der Waals surface area contributed by atoms with Gasteiger partial charge in [0.25, 0.3) is 0 Å². The number of aliphatic imine (C=N–C) groups is 1. The highest BCUT2D eigenvalue weighted by Crippen LogP contribution is 2.31. The van der Waals surface area contributed by atoms with Crippen molar-refractivity contribution in [2.24, 2.45) is 10.1 Å². The number of hydrazone groups is 1. The molecule has 0 aliphatic carbocycles. The van der Waals surface area contributed by atoms with E-state index in [0.29, 0.717) is 37.2 Å². The van der Waals surface area contributed by atoms with Crippen LogP contribution in [-0.2, 0) is 23.9 Å². The molecule has 0 spiro atoms. The van der Waals surface area contributed by atoms with Gasteiger partial charge in [-0.1, -0.05) is 94.1 Å². The summed E-state index contributed by atoms with van der Waals surface area (Å²) >= 11 is 0. The second-order valence-corrected chi connectivity index (χ2v) is 11.0. The molecule has 6 nitrogen and oxygen atoms in total. The highest BCUT2D eigenvalue weighted by atomic mass is 19.4. The Labute approximate surface area is 264 Å². The van der Waals surface area contributed by atoms with Crippen LogP contribution in [0.1, 0.15) is 50.3 Å². The normalized spacial score (nSPS) is 13.6. The molecule has 1 heterocycles. The molecule has 0 bridgehead atoms. The molecule has 1 aliphatic heterocycles. The van der Waals surface area contributed by atoms with Crippen molar-refractivity contribution in [3.63, 3.8) is 0 Å². The molecular formula is C36H42F3N5O. The minimum atomic E-state index is -4.37. The molecule has 0 fully saturated rings. The number of amides is 1. The van der Waals surface area contributed by atoms with Crippen LogP contribution in [0.3, 0.4) is 0 Å². The van der Waals surface area contributed by atoms with Crippen molar-refractivity contribution in [2.45, 2.75) is 52.8 Å². The predicted octanol–water partition coefficient (Wildman–Crippen LogP) is 7.67. The smallest absolute Gasteiger partial charge is 0.335 e. The minimum absolute atomic E-state index is 0.0618. The number of benzene rings is 3. The molecule has 0 unspecified atom stereocenters. The molecule has 0 saturated carbocycles. The molecule has 45 heavy (non-hydrogen) atoms. The number of alkyl halides is 3. The summed E-state index contributed by atoms with van der Waals surface area (Å²) in [4.78, 5) is 22.8. The lowest BCUT2D eigenvalue weighted by molar-refractivity contribution is -0.137. The number of hydrogen-bond donors (Lipinski definition) is 0. The van der Waals surface area contributed by atoms with Crippen molar-refractivity contribution >= 4 is 17.5 Å². The monoisotopic (exact) mass is 617 g/mol. The van der Waals surface area contributed by atoms with Gasteiger partial charge in [0, 0.05) is 26.1 Å². The van der Waals surface area contributed by atoms with Gasteiger partial charge in [-0.3, -0.25) is 4.79 Å². The highest BCUT2D eigenvalue weighted by molar-refractivity contribution is 6.05. The van der Waals surface area contributed by atoms with Gasteiger partial charge in [-0.25, -0.2) is 10.0 Å². The van der Waals surface area contributed by atoms with Crippen LogP contribution in [-0.4, -0.2) is 65.0 Å². The fourth-order valence-corrected chi connectivity index (χ4v) is 5.22. The van der Waals surface area contributed by atoms with E-state index in [1.165, 1.54) is 17.7 Å². The zero-order valence-electron chi connectivity index (χ0n) is 26.4. The highest BCUT2D eigenvalue weighted by Gasteiger charge is 2.30. The fourth-order valence-electron chi connectivity index (χ4n) is 5.22. The molecule has 3 aromatic rings. The molecular weight excluding hydrogens is 575 g/mol. The van der Waals surface area contributed by atoms with E-state index in [1.54, 1.807) is 5.01 Å². The third kappa shape index (κ3) is 9.38. The van der Waals surface area contributed by atoms with E-state index in [4.69, 9.17) is 10.1 Å². The number of halogens is 3. The van der Waals surface area contributed by atoms with E-state index in [-0.39, 0.29) is 12.5 Å². The third-order valence-corrected chi connectivity index (χ3v) is 8.04. The number of carbonyl (C=O) groups excluding carboxylic acids is 1. The average Bonchev–Trinajstić information content (AvgIpc) is 3.05. The molecule has 1 aliphatic rings. The molecule has 0 saturated heterocycles. The molecule has 0 N–H and O–H groups in total. The summed E-state index contributed by atoms with van der Waals surface area (Å²) in [5, 5.41) is 6.52. The molecule has 1 amide bonds. The summed E-state index contributed by atoms with van der Waals surface area (Å²) < 4.78 is 39.0. The summed E-state index contributed by atoms with van der Waals surface area (Å²) in [6.07, 6.45) is -2.31. The molecule has 0 atom stereocenters. The van der Waals surface area contributed by atoms with Crippen LogP contribution in [0.4, 0.5) is 13.2 Å². The number of carbonyl (C=O) groups is 1. The lowest BCUT2D eigenvalue weighted by atomic mass is 10.0. The van der Waals surface area contributed by atoms with Gasteiger partial charge >= 0.3 is 6.18 Å². The summed E-state index contributed by atoms with van der Waals surface area (Å²) in [5.74, 6) is 0.659. The Morgan fingerprint density at radius 3 is 2.02 bits per heavy atom. The van der Waals surface area contributed by atoms with E-state index >= 15 is 0 Å². The van der Waals surface area contributed by atoms with Gasteiger partial charge < -0.3 is 9.80 Å². The van der Waals surface area contributed by atoms with Crippen molar-refractivity contribution < 1.29 is 18.0 Å². The Kier molecular flexibility index (Phi) is 11.7. The number of nitrogens with zero attached hydrogens (tertiary/aromatic N) is 5. The van der Waals surface area contributed by atoms with Gasteiger partial charge in [-0.05, 0) is 60.3 Å². The Morgan fingerprint density at radius 2 is 1.44 bits per heavy atom. The van der Waals surface area contributed by atoms with Crippen LogP contribution < -0.4 is 0 Å². The Balaban J connectivity index is 1.51. The number of rotatable bonds is 14. The number of amidine groups is 1. The predicted molar refractivity (Wildman–Crippen MR) is 176 cm³/mol. The van der Waals surface area contributed by atoms with Crippen LogP contribution in [0.25, 0.3) is 11.1 Å². The third-order valence-electron chi connectivity index (χ3n) is 8.04. The van der Waals surface area contributed by atoms with Crippen LogP contribution in [0.2, 0.25) is 0 Å². The Hall–Kier alpha value is -4.24. The van der Waals surface area contributed by atoms with E-state index in [1.807, 2.05) is 54.3 Å². The van der Waals surface area contributed by atoms with Gasteiger partial charge in [-0.15, -0.1) is 0 Å². The Bertz CT molecular complexity index is 1480. The van der Waals surface area contributed by atoms with Crippen molar-refractivity contribution in [1.82, 2.24) is 14.8 Å². The van der Waals surface area contributed by atoms with Crippen LogP contribution in [0.5, 0.6) is 0 Å². The number of allylic oxidation sites excluding steroid dienone is 1. The quantitative estimate of drug-likeness (QED) is 0.187. The maximum Gasteiger partial charge on any atom is 0.416 e. The van der Waals surface area contributed by atoms with E-state index in [9.17, 15) is 18.0 Å². The standard InChI is InChI=1S/C36H42F3N5O/c1-5-33-27(4)40-34(22-15-28-11-9-8-10-12-28)44(41-33)26-35(45)43(24-23-42(6-2)7-3)25-29-13-16-30(17-14-29)31-18-20-32(21-19-31)36(37,38)39/h8-14,16-21H,4-7,15,22-26H2,1-3H3. The average molecular weight is 618 g/mol. The molecule has 0 aromatic heterocycles. The van der Waals surface area contributed by atoms with Crippen molar-refractivity contribution in [1.29, 1.82) is 0 Å². The van der Waals surface area contributed by atoms with Crippen molar-refractivity contribution in [2.75, 3.05) is 32.7 Å². The van der Waals surface area contributed by atoms with Crippen molar-refractivity contribution in [3.8, 4) is 11.1 Å². The van der Waals surface area contributed by atoms with Gasteiger partial charge in [0.15, 0.2) is 0 Å². The Morgan fingerprint density at radius 1 is 0.822 bits per heavy atom. The van der Waals surface area contributed by atoms with Gasteiger partial charge in [-0.2, -0.15) is 18.3 Å². The maximum atomic E-state index is 13.9. The molecule has 4 rings (SSSR count). The van der Waals surface area contributed by atoms with Crippen LogP contribution in [0.15, 0.2) is 101 Å². The van der Waals surface area contributed by atoms with Gasteiger partial charge in [0.1, 0.15) is 12.4 Å². The number of likely N-dealkylation sites (N-methyl/N-ethyl adjacent to an activating group) is 1. The molecule has 0 radical (unpaired) electrons. The second kappa shape index (κ2) is 15.7. The summed E-state index contributed by atoms with van der Waals surface area (Å²) in [6, 6.07) is 22.9. The topological polar surface area (TPSA) is 51.5 Å². The van der Waals surface area contributed by atoms with E-state index < -0.39 is 11.7 Å². The van der Waals surface area contributed by atoms with Gasteiger partial charge in [0.05, 0.1) is 17.0 Å². The summed E-state index contributed by atoms with van der Waals surface area (Å²) in [6.45, 7) is 13.8. The van der Waals surface area contributed by atoms with Crippen LogP contribution in [0, 0.1) is 0 Å². The zero-order valence-corrected chi connectivity index (χ0v) is 26.4. The largest absolute Gasteiger partial charge is 0.416 e. The summed E-state index contributed by atoms with van der Waals surface area (Å²) in [7, 11) is 0. The minimum Gasteiger partial charge on any atom is -0.335 e. The zero-order chi connectivity index (χ0) is 32.4. The van der Waals surface area contributed by atoms with Crippen molar-refractivity contribution in [3.05, 3.63) is 108 Å². The first-order valence-corrected chi connectivity index (χ1v) is 15.5. The molecule has 9 heteroatoms. The van der Waals surface area contributed by atoms with Crippen LogP contribution >= 0.6 is 0 Å². The summed E-state index contributed by atoms with van der Waals surface area (Å²) in [5.41, 5.74) is 4.34. The number of hydrogen-bond acceptors (Lipinski definition) is 5. The first-order chi connectivity index (χ1) is 21.6. The lowest BCUT2D eigenvalue weighted by Crippen LogP contribution is -2.44. The lowest BCUT2D eigenvalue weighted by Gasteiger charge is -2.31. The second-order valence-electron chi connectivity index (χ2n) is 11.0. The molecule has 238 valence electrons. The van der Waals surface area contributed by atoms with Gasteiger partial charge in [0.2, 0.25) is 5.91 Å². The SMILES string of the molecule is C=C1N=C(CCc2ccccc2)N(CC(=O)N(CCN(CC)CC)Cc2ccc(-c3ccc(C(F)(F)F)cc3)cc2)N=C1CC. The fraction of sp³-hybridized carbons (Fsp3) is 0.361. The maximum absolute atomic E-state index is 13.9. The van der Waals surface area contributed by atoms with E-state index in [0.717, 1.165) is 60.9 Å². The van der Waals surface area contributed by atoms with E-state index in [2.05, 4.69) is 37.5 Å². The number of aryl methyl sites for hydroxylation is 1. The molecule has 3 aromatic carbocycles. The first kappa shape index (κ1) is 33.6.